The quantitative estimate of drug-likeness (QED) is 0.341. The van der Waals surface area contributed by atoms with Gasteiger partial charge in [-0.1, -0.05) is 82.9 Å². The van der Waals surface area contributed by atoms with E-state index in [2.05, 4.69) is 24.2 Å². The highest BCUT2D eigenvalue weighted by Crippen LogP contribution is 2.24. The lowest BCUT2D eigenvalue weighted by Crippen LogP contribution is -1.99. The first-order valence-corrected chi connectivity index (χ1v) is 11.3. The number of hydrogen-bond acceptors (Lipinski definition) is 3. The van der Waals surface area contributed by atoms with E-state index >= 15 is 0 Å². The lowest BCUT2D eigenvalue weighted by Gasteiger charge is -2.04. The van der Waals surface area contributed by atoms with Crippen molar-refractivity contribution in [3.63, 3.8) is 0 Å². The van der Waals surface area contributed by atoms with E-state index in [0.717, 1.165) is 23.0 Å². The van der Waals surface area contributed by atoms with Crippen LogP contribution in [0.25, 0.3) is 16.7 Å². The van der Waals surface area contributed by atoms with Gasteiger partial charge in [0.1, 0.15) is 22.5 Å². The van der Waals surface area contributed by atoms with Crippen molar-refractivity contribution in [2.24, 2.45) is 0 Å². The standard InChI is InChI=1S/C25H35N3O/c1-3-4-5-6-7-8-9-10-11-12-14-21-15-13-16-22-25(21)27-28(26-22)23-19-20(2)17-18-24(23)29/h13,15-19,29H,3-12,14H2,1-2H3. The van der Waals surface area contributed by atoms with Crippen LogP contribution < -0.4 is 0 Å². The third-order valence-electron chi connectivity index (χ3n) is 5.64. The minimum atomic E-state index is 0.201. The molecule has 2 aromatic carbocycles. The van der Waals surface area contributed by atoms with E-state index in [0.29, 0.717) is 5.69 Å². The van der Waals surface area contributed by atoms with E-state index < -0.39 is 0 Å². The van der Waals surface area contributed by atoms with Gasteiger partial charge in [-0.2, -0.15) is 0 Å². The number of aromatic nitrogens is 3. The van der Waals surface area contributed by atoms with Gasteiger partial charge in [0.2, 0.25) is 0 Å². The molecule has 0 aliphatic heterocycles. The molecule has 0 saturated heterocycles. The van der Waals surface area contributed by atoms with Crippen LogP contribution in [0.5, 0.6) is 5.75 Å². The Morgan fingerprint density at radius 1 is 0.828 bits per heavy atom. The highest BCUT2D eigenvalue weighted by molar-refractivity contribution is 5.77. The van der Waals surface area contributed by atoms with Crippen molar-refractivity contribution in [3.8, 4) is 11.4 Å². The minimum absolute atomic E-state index is 0.201. The van der Waals surface area contributed by atoms with Crippen LogP contribution in [0.2, 0.25) is 0 Å². The molecule has 0 bridgehead atoms. The van der Waals surface area contributed by atoms with Gasteiger partial charge < -0.3 is 5.11 Å². The molecular weight excluding hydrogens is 358 g/mol. The maximum atomic E-state index is 10.2. The zero-order valence-corrected chi connectivity index (χ0v) is 18.0. The van der Waals surface area contributed by atoms with Crippen molar-refractivity contribution < 1.29 is 5.11 Å². The van der Waals surface area contributed by atoms with Gasteiger partial charge in [0.05, 0.1) is 0 Å². The molecule has 0 aliphatic rings. The van der Waals surface area contributed by atoms with Crippen LogP contribution in [0, 0.1) is 6.92 Å². The minimum Gasteiger partial charge on any atom is -0.506 e. The molecule has 1 aromatic heterocycles. The first kappa shape index (κ1) is 21.4. The fraction of sp³-hybridized carbons (Fsp3) is 0.520. The molecule has 3 aromatic rings. The second-order valence-corrected chi connectivity index (χ2v) is 8.20. The molecule has 3 rings (SSSR count). The maximum absolute atomic E-state index is 10.2. The Kier molecular flexibility index (Phi) is 8.09. The van der Waals surface area contributed by atoms with Crippen molar-refractivity contribution in [2.45, 2.75) is 84.5 Å². The number of unbranched alkanes of at least 4 members (excludes halogenated alkanes) is 9. The predicted molar refractivity (Wildman–Crippen MR) is 121 cm³/mol. The van der Waals surface area contributed by atoms with Crippen LogP contribution in [-0.2, 0) is 6.42 Å². The Hall–Kier alpha value is -2.36. The SMILES string of the molecule is CCCCCCCCCCCCc1cccc2nn(-c3cc(C)ccc3O)nc12. The summed E-state index contributed by atoms with van der Waals surface area (Å²) in [5.41, 5.74) is 4.79. The summed E-state index contributed by atoms with van der Waals surface area (Å²) in [6, 6.07) is 11.7. The smallest absolute Gasteiger partial charge is 0.143 e. The topological polar surface area (TPSA) is 50.9 Å². The maximum Gasteiger partial charge on any atom is 0.143 e. The summed E-state index contributed by atoms with van der Waals surface area (Å²) in [5.74, 6) is 0.201. The molecule has 0 fully saturated rings. The number of aromatic hydroxyl groups is 1. The van der Waals surface area contributed by atoms with Crippen molar-refractivity contribution in [1.29, 1.82) is 0 Å². The number of rotatable bonds is 12. The number of benzene rings is 2. The Balaban J connectivity index is 1.52. The van der Waals surface area contributed by atoms with E-state index in [1.54, 1.807) is 10.9 Å². The molecule has 0 radical (unpaired) electrons. The summed E-state index contributed by atoms with van der Waals surface area (Å²) in [5, 5.41) is 19.5. The van der Waals surface area contributed by atoms with Gasteiger partial charge in [-0.25, -0.2) is 0 Å². The number of phenols is 1. The third-order valence-corrected chi connectivity index (χ3v) is 5.64. The summed E-state index contributed by atoms with van der Waals surface area (Å²) in [4.78, 5) is 1.56. The lowest BCUT2D eigenvalue weighted by atomic mass is 10.0. The second kappa shape index (κ2) is 11.0. The first-order chi connectivity index (χ1) is 14.2. The van der Waals surface area contributed by atoms with Gasteiger partial charge in [-0.15, -0.1) is 15.0 Å². The van der Waals surface area contributed by atoms with Gasteiger partial charge in [0.15, 0.2) is 0 Å². The van der Waals surface area contributed by atoms with Crippen LogP contribution in [0.4, 0.5) is 0 Å². The van der Waals surface area contributed by atoms with Gasteiger partial charge in [-0.3, -0.25) is 0 Å². The first-order valence-electron chi connectivity index (χ1n) is 11.3. The van der Waals surface area contributed by atoms with Crippen LogP contribution >= 0.6 is 0 Å². The van der Waals surface area contributed by atoms with Gasteiger partial charge in [0, 0.05) is 0 Å². The van der Waals surface area contributed by atoms with Gasteiger partial charge in [0.25, 0.3) is 0 Å². The van der Waals surface area contributed by atoms with Crippen molar-refractivity contribution in [2.75, 3.05) is 0 Å². The Bertz CT molecular complexity index is 900. The molecule has 1 N–H and O–H groups in total. The van der Waals surface area contributed by atoms with Gasteiger partial charge >= 0.3 is 0 Å². The predicted octanol–water partition coefficient (Wildman–Crippen LogP) is 6.90. The highest BCUT2D eigenvalue weighted by atomic mass is 16.3. The summed E-state index contributed by atoms with van der Waals surface area (Å²) >= 11 is 0. The molecule has 0 spiro atoms. The van der Waals surface area contributed by atoms with E-state index in [-0.39, 0.29) is 5.75 Å². The van der Waals surface area contributed by atoms with Crippen molar-refractivity contribution in [1.82, 2.24) is 15.0 Å². The molecule has 0 amide bonds. The molecule has 0 saturated carbocycles. The van der Waals surface area contributed by atoms with Crippen LogP contribution in [0.3, 0.4) is 0 Å². The number of hydrogen-bond donors (Lipinski definition) is 1. The lowest BCUT2D eigenvalue weighted by molar-refractivity contribution is 0.467. The monoisotopic (exact) mass is 393 g/mol. The third kappa shape index (κ3) is 6.06. The summed E-state index contributed by atoms with van der Waals surface area (Å²) in [6.07, 6.45) is 14.5. The van der Waals surface area contributed by atoms with Crippen molar-refractivity contribution >= 4 is 11.0 Å². The number of fused-ring (bicyclic) bond motifs is 1. The fourth-order valence-electron chi connectivity index (χ4n) is 3.90. The van der Waals surface area contributed by atoms with E-state index in [4.69, 9.17) is 5.10 Å². The van der Waals surface area contributed by atoms with E-state index in [1.807, 2.05) is 25.1 Å². The zero-order chi connectivity index (χ0) is 20.5. The Morgan fingerprint density at radius 2 is 1.52 bits per heavy atom. The van der Waals surface area contributed by atoms with Gasteiger partial charge in [-0.05, 0) is 49.1 Å². The fourth-order valence-corrected chi connectivity index (χ4v) is 3.90. The van der Waals surface area contributed by atoms with E-state index in [1.165, 1.54) is 69.8 Å². The molecule has 156 valence electrons. The molecule has 4 nitrogen and oxygen atoms in total. The highest BCUT2D eigenvalue weighted by Gasteiger charge is 2.11. The largest absolute Gasteiger partial charge is 0.506 e. The van der Waals surface area contributed by atoms with Crippen LogP contribution in [0.1, 0.15) is 82.3 Å². The number of phenolic OH excluding ortho intramolecular Hbond substituents is 1. The normalized spacial score (nSPS) is 11.4. The average molecular weight is 394 g/mol. The average Bonchev–Trinajstić information content (AvgIpc) is 3.16. The van der Waals surface area contributed by atoms with Crippen molar-refractivity contribution in [3.05, 3.63) is 47.5 Å². The summed E-state index contributed by atoms with van der Waals surface area (Å²) in [7, 11) is 0. The molecule has 4 heteroatoms. The molecule has 29 heavy (non-hydrogen) atoms. The number of nitrogens with zero attached hydrogens (tertiary/aromatic N) is 3. The zero-order valence-electron chi connectivity index (χ0n) is 18.0. The Labute approximate surface area is 175 Å². The molecule has 1 heterocycles. The number of aryl methyl sites for hydroxylation is 2. The second-order valence-electron chi connectivity index (χ2n) is 8.20. The summed E-state index contributed by atoms with van der Waals surface area (Å²) < 4.78 is 0. The molecule has 0 aliphatic carbocycles. The molecule has 0 atom stereocenters. The van der Waals surface area contributed by atoms with Crippen LogP contribution in [0.15, 0.2) is 36.4 Å². The Morgan fingerprint density at radius 3 is 2.24 bits per heavy atom. The molecule has 0 unspecified atom stereocenters. The van der Waals surface area contributed by atoms with E-state index in [9.17, 15) is 5.11 Å². The molecular formula is C25H35N3O. The van der Waals surface area contributed by atoms with Crippen LogP contribution in [-0.4, -0.2) is 20.1 Å². The summed E-state index contributed by atoms with van der Waals surface area (Å²) in [6.45, 7) is 4.27.